The van der Waals surface area contributed by atoms with E-state index in [2.05, 4.69) is 20.8 Å². The molecule has 32 heavy (non-hydrogen) atoms. The summed E-state index contributed by atoms with van der Waals surface area (Å²) in [5.74, 6) is 0.358. The molecule has 166 valence electrons. The Hall–Kier alpha value is -3.75. The van der Waals surface area contributed by atoms with Gasteiger partial charge in [0, 0.05) is 18.3 Å². The monoisotopic (exact) mass is 434 g/mol. The van der Waals surface area contributed by atoms with Crippen molar-refractivity contribution in [2.45, 2.75) is 37.6 Å². The second-order valence-electron chi connectivity index (χ2n) is 7.94. The molecule has 9 heteroatoms. The van der Waals surface area contributed by atoms with Gasteiger partial charge in [0.05, 0.1) is 12.8 Å². The molecule has 1 aliphatic rings. The van der Waals surface area contributed by atoms with E-state index in [4.69, 9.17) is 4.74 Å². The van der Waals surface area contributed by atoms with E-state index in [-0.39, 0.29) is 11.8 Å². The number of ether oxygens (including phenoxy) is 1. The Morgan fingerprint density at radius 1 is 1.03 bits per heavy atom. The number of likely N-dealkylation sites (N-methyl/N-ethyl adjacent to an activating group) is 1. The molecule has 3 aromatic rings. The van der Waals surface area contributed by atoms with E-state index in [1.165, 1.54) is 11.0 Å². The van der Waals surface area contributed by atoms with Crippen molar-refractivity contribution in [3.63, 3.8) is 0 Å². The number of nitrogens with one attached hydrogen (secondary N) is 1. The van der Waals surface area contributed by atoms with E-state index in [0.29, 0.717) is 29.8 Å². The number of methoxy groups -OCH3 is 1. The molecule has 1 saturated carbocycles. The maximum absolute atomic E-state index is 13.5. The summed E-state index contributed by atoms with van der Waals surface area (Å²) in [6.07, 6.45) is 5.58. The van der Waals surface area contributed by atoms with Gasteiger partial charge >= 0.3 is 0 Å². The Morgan fingerprint density at radius 2 is 1.72 bits per heavy atom. The topological polar surface area (TPSA) is 102 Å². The van der Waals surface area contributed by atoms with Crippen molar-refractivity contribution in [1.29, 1.82) is 0 Å². The molecular formula is C23H26N6O3. The Bertz CT molecular complexity index is 1060. The summed E-state index contributed by atoms with van der Waals surface area (Å²) in [4.78, 5) is 28.4. The summed E-state index contributed by atoms with van der Waals surface area (Å²) in [5, 5.41) is 14.1. The van der Waals surface area contributed by atoms with Gasteiger partial charge in [0.1, 0.15) is 17.6 Å². The molecule has 0 radical (unpaired) electrons. The van der Waals surface area contributed by atoms with E-state index in [1.54, 1.807) is 67.6 Å². The van der Waals surface area contributed by atoms with Crippen molar-refractivity contribution in [1.82, 2.24) is 25.1 Å². The number of rotatable bonds is 6. The quantitative estimate of drug-likeness (QED) is 0.640. The second kappa shape index (κ2) is 9.17. The highest BCUT2D eigenvalue weighted by Gasteiger charge is 2.45. The number of hydrogen-bond acceptors (Lipinski definition) is 6. The molecule has 0 bridgehead atoms. The van der Waals surface area contributed by atoms with E-state index in [9.17, 15) is 9.59 Å². The number of carbonyl (C=O) groups is 2. The SMILES string of the molecule is COc1ccc(NC(=O)C2(N(C)C(=O)c3ccc(-n4cnnn4)cc3)CCCCC2)cc1. The van der Waals surface area contributed by atoms with Crippen molar-refractivity contribution in [3.05, 3.63) is 60.4 Å². The molecule has 9 nitrogen and oxygen atoms in total. The van der Waals surface area contributed by atoms with E-state index < -0.39 is 5.54 Å². The van der Waals surface area contributed by atoms with Crippen molar-refractivity contribution in [2.24, 2.45) is 0 Å². The molecule has 0 atom stereocenters. The summed E-state index contributed by atoms with van der Waals surface area (Å²) in [7, 11) is 3.32. The van der Waals surface area contributed by atoms with Crippen molar-refractivity contribution in [2.75, 3.05) is 19.5 Å². The van der Waals surface area contributed by atoms with Crippen molar-refractivity contribution >= 4 is 17.5 Å². The van der Waals surface area contributed by atoms with E-state index in [0.717, 1.165) is 24.9 Å². The van der Waals surface area contributed by atoms with Crippen LogP contribution in [0.2, 0.25) is 0 Å². The molecule has 1 aliphatic carbocycles. The van der Waals surface area contributed by atoms with Gasteiger partial charge in [-0.2, -0.15) is 0 Å². The van der Waals surface area contributed by atoms with Gasteiger partial charge in [-0.3, -0.25) is 9.59 Å². The van der Waals surface area contributed by atoms with Gasteiger partial charge in [-0.25, -0.2) is 4.68 Å². The fraction of sp³-hybridized carbons (Fsp3) is 0.348. The molecule has 4 rings (SSSR count). The third kappa shape index (κ3) is 4.18. The Labute approximate surface area is 186 Å². The van der Waals surface area contributed by atoms with Gasteiger partial charge < -0.3 is 15.0 Å². The zero-order valence-corrected chi connectivity index (χ0v) is 18.2. The molecule has 1 aromatic heterocycles. The standard InChI is InChI=1S/C23H26N6O3/c1-28(21(30)17-6-10-19(11-7-17)29-16-24-26-27-29)23(14-4-3-5-15-23)22(31)25-18-8-12-20(32-2)13-9-18/h6-13,16H,3-5,14-15H2,1-2H3,(H,25,31). The van der Waals surface area contributed by atoms with Gasteiger partial charge in [-0.05, 0) is 71.8 Å². The van der Waals surface area contributed by atoms with Crippen LogP contribution in [0.3, 0.4) is 0 Å². The number of benzene rings is 2. The molecule has 2 aromatic carbocycles. The first-order chi connectivity index (χ1) is 15.5. The third-order valence-corrected chi connectivity index (χ3v) is 6.13. The predicted octanol–water partition coefficient (Wildman–Crippen LogP) is 3.08. The first-order valence-electron chi connectivity index (χ1n) is 10.6. The van der Waals surface area contributed by atoms with Crippen LogP contribution in [0.15, 0.2) is 54.9 Å². The highest BCUT2D eigenvalue weighted by Crippen LogP contribution is 2.35. The van der Waals surface area contributed by atoms with Crippen molar-refractivity contribution < 1.29 is 14.3 Å². The maximum atomic E-state index is 13.5. The lowest BCUT2D eigenvalue weighted by atomic mass is 9.79. The van der Waals surface area contributed by atoms with E-state index >= 15 is 0 Å². The fourth-order valence-corrected chi connectivity index (χ4v) is 4.20. The van der Waals surface area contributed by atoms with Gasteiger partial charge in [-0.1, -0.05) is 19.3 Å². The molecule has 1 N–H and O–H groups in total. The van der Waals surface area contributed by atoms with Crippen LogP contribution in [-0.4, -0.2) is 56.6 Å². The number of carbonyl (C=O) groups excluding carboxylic acids is 2. The molecule has 2 amide bonds. The fourth-order valence-electron chi connectivity index (χ4n) is 4.20. The number of nitrogens with zero attached hydrogens (tertiary/aromatic N) is 5. The zero-order valence-electron chi connectivity index (χ0n) is 18.2. The molecular weight excluding hydrogens is 408 g/mol. The van der Waals surface area contributed by atoms with Gasteiger partial charge in [-0.15, -0.1) is 5.10 Å². The second-order valence-corrected chi connectivity index (χ2v) is 7.94. The van der Waals surface area contributed by atoms with Gasteiger partial charge in [0.15, 0.2) is 0 Å². The highest BCUT2D eigenvalue weighted by molar-refractivity contribution is 6.03. The first-order valence-corrected chi connectivity index (χ1v) is 10.6. The number of anilines is 1. The molecule has 1 heterocycles. The maximum Gasteiger partial charge on any atom is 0.254 e. The molecule has 0 unspecified atom stereocenters. The molecule has 0 saturated heterocycles. The predicted molar refractivity (Wildman–Crippen MR) is 119 cm³/mol. The molecule has 1 fully saturated rings. The Kier molecular flexibility index (Phi) is 6.16. The summed E-state index contributed by atoms with van der Waals surface area (Å²) in [5.41, 5.74) is 1.03. The number of hydrogen-bond donors (Lipinski definition) is 1. The summed E-state index contributed by atoms with van der Waals surface area (Å²) in [6, 6.07) is 14.2. The van der Waals surface area contributed by atoms with E-state index in [1.807, 2.05) is 0 Å². The lowest BCUT2D eigenvalue weighted by molar-refractivity contribution is -0.128. The number of aromatic nitrogens is 4. The van der Waals surface area contributed by atoms with Crippen LogP contribution in [0.1, 0.15) is 42.5 Å². The van der Waals surface area contributed by atoms with Crippen LogP contribution in [0, 0.1) is 0 Å². The Balaban J connectivity index is 1.55. The van der Waals surface area contributed by atoms with Crippen LogP contribution in [-0.2, 0) is 4.79 Å². The van der Waals surface area contributed by atoms with Crippen LogP contribution >= 0.6 is 0 Å². The number of amides is 2. The minimum absolute atomic E-state index is 0.163. The largest absolute Gasteiger partial charge is 0.497 e. The lowest BCUT2D eigenvalue weighted by Gasteiger charge is -2.43. The Morgan fingerprint density at radius 3 is 2.31 bits per heavy atom. The minimum Gasteiger partial charge on any atom is -0.497 e. The van der Waals surface area contributed by atoms with Crippen LogP contribution < -0.4 is 10.1 Å². The molecule has 0 aliphatic heterocycles. The van der Waals surface area contributed by atoms with Crippen LogP contribution in [0.5, 0.6) is 5.75 Å². The summed E-state index contributed by atoms with van der Waals surface area (Å²) in [6.45, 7) is 0. The van der Waals surface area contributed by atoms with Crippen LogP contribution in [0.25, 0.3) is 5.69 Å². The van der Waals surface area contributed by atoms with Crippen LogP contribution in [0.4, 0.5) is 5.69 Å². The van der Waals surface area contributed by atoms with Crippen molar-refractivity contribution in [3.8, 4) is 11.4 Å². The number of tetrazole rings is 1. The highest BCUT2D eigenvalue weighted by atomic mass is 16.5. The third-order valence-electron chi connectivity index (χ3n) is 6.13. The van der Waals surface area contributed by atoms with Gasteiger partial charge in [0.25, 0.3) is 5.91 Å². The minimum atomic E-state index is -0.899. The average Bonchev–Trinajstić information content (AvgIpc) is 3.39. The lowest BCUT2D eigenvalue weighted by Crippen LogP contribution is -2.58. The summed E-state index contributed by atoms with van der Waals surface area (Å²) >= 11 is 0. The van der Waals surface area contributed by atoms with Gasteiger partial charge in [0.2, 0.25) is 5.91 Å². The zero-order chi connectivity index (χ0) is 22.6. The average molecular weight is 435 g/mol. The normalized spacial score (nSPS) is 15.1. The first kappa shape index (κ1) is 21.5. The summed E-state index contributed by atoms with van der Waals surface area (Å²) < 4.78 is 6.70. The smallest absolute Gasteiger partial charge is 0.254 e. The molecule has 0 spiro atoms.